The molecule has 2 nitrogen and oxygen atoms in total. The number of benzene rings is 1. The lowest BCUT2D eigenvalue weighted by Gasteiger charge is -2.31. The highest BCUT2D eigenvalue weighted by Crippen LogP contribution is 2.57. The minimum Gasteiger partial charge on any atom is -0.496 e. The quantitative estimate of drug-likeness (QED) is 0.810. The van der Waals surface area contributed by atoms with Gasteiger partial charge in [-0.15, -0.1) is 0 Å². The van der Waals surface area contributed by atoms with Gasteiger partial charge in [-0.05, 0) is 49.1 Å². The first-order chi connectivity index (χ1) is 8.77. The van der Waals surface area contributed by atoms with Gasteiger partial charge in [0.25, 0.3) is 0 Å². The third kappa shape index (κ3) is 1.70. The van der Waals surface area contributed by atoms with Crippen molar-refractivity contribution in [3.63, 3.8) is 0 Å². The van der Waals surface area contributed by atoms with E-state index in [1.54, 1.807) is 7.11 Å². The summed E-state index contributed by atoms with van der Waals surface area (Å²) in [5.74, 6) is 2.33. The third-order valence-corrected chi connectivity index (χ3v) is 4.90. The van der Waals surface area contributed by atoms with Crippen molar-refractivity contribution in [2.45, 2.75) is 32.1 Å². The second kappa shape index (κ2) is 4.31. The molecule has 0 aliphatic heterocycles. The number of para-hydroxylation sites is 1. The summed E-state index contributed by atoms with van der Waals surface area (Å²) in [6, 6.07) is 10.8. The summed E-state index contributed by atoms with van der Waals surface area (Å²) >= 11 is 0. The maximum Gasteiger partial charge on any atom is 0.122 e. The van der Waals surface area contributed by atoms with E-state index in [2.05, 4.69) is 12.1 Å². The highest BCUT2D eigenvalue weighted by Gasteiger charge is 2.51. The molecule has 3 unspecified atom stereocenters. The Balaban J connectivity index is 1.89. The number of hydrogen-bond acceptors (Lipinski definition) is 2. The van der Waals surface area contributed by atoms with Crippen LogP contribution >= 0.6 is 0 Å². The van der Waals surface area contributed by atoms with Crippen molar-refractivity contribution >= 4 is 0 Å². The Labute approximate surface area is 109 Å². The molecular weight excluding hydrogens is 222 g/mol. The van der Waals surface area contributed by atoms with E-state index in [-0.39, 0.29) is 5.41 Å². The molecule has 0 N–H and O–H groups in total. The molecule has 0 saturated heterocycles. The van der Waals surface area contributed by atoms with Crippen molar-refractivity contribution in [3.05, 3.63) is 29.8 Å². The van der Waals surface area contributed by atoms with Crippen molar-refractivity contribution in [2.75, 3.05) is 7.11 Å². The van der Waals surface area contributed by atoms with Gasteiger partial charge in [0.1, 0.15) is 5.75 Å². The van der Waals surface area contributed by atoms with Crippen LogP contribution in [0.4, 0.5) is 0 Å². The van der Waals surface area contributed by atoms with Crippen molar-refractivity contribution in [1.29, 1.82) is 5.26 Å². The lowest BCUT2D eigenvalue weighted by molar-refractivity contribution is 0.237. The fourth-order valence-electron chi connectivity index (χ4n) is 4.03. The Kier molecular flexibility index (Phi) is 2.78. The molecule has 18 heavy (non-hydrogen) atoms. The van der Waals surface area contributed by atoms with Crippen molar-refractivity contribution in [2.24, 2.45) is 17.3 Å². The molecule has 1 aromatic rings. The molecule has 94 valence electrons. The molecule has 2 aliphatic rings. The van der Waals surface area contributed by atoms with Gasteiger partial charge in [-0.3, -0.25) is 0 Å². The van der Waals surface area contributed by atoms with E-state index < -0.39 is 0 Å². The van der Waals surface area contributed by atoms with E-state index in [0.717, 1.165) is 24.5 Å². The number of ether oxygens (including phenoxy) is 1. The third-order valence-electron chi connectivity index (χ3n) is 4.90. The molecule has 0 aromatic heterocycles. The first kappa shape index (κ1) is 11.6. The van der Waals surface area contributed by atoms with Gasteiger partial charge in [-0.1, -0.05) is 24.6 Å². The smallest absolute Gasteiger partial charge is 0.122 e. The van der Waals surface area contributed by atoms with Crippen molar-refractivity contribution in [1.82, 2.24) is 0 Å². The summed E-state index contributed by atoms with van der Waals surface area (Å²) in [7, 11) is 1.71. The van der Waals surface area contributed by atoms with Crippen LogP contribution in [-0.2, 0) is 6.42 Å². The second-order valence-corrected chi connectivity index (χ2v) is 5.84. The highest BCUT2D eigenvalue weighted by atomic mass is 16.5. The molecule has 0 heterocycles. The van der Waals surface area contributed by atoms with Gasteiger partial charge in [0, 0.05) is 0 Å². The predicted octanol–water partition coefficient (Wildman–Crippen LogP) is 3.57. The summed E-state index contributed by atoms with van der Waals surface area (Å²) in [6.07, 6.45) is 5.79. The SMILES string of the molecule is COc1ccccc1CC1(C#N)CC2CCC1C2. The minimum atomic E-state index is -0.127. The van der Waals surface area contributed by atoms with E-state index in [9.17, 15) is 5.26 Å². The molecule has 0 spiro atoms. The van der Waals surface area contributed by atoms with Gasteiger partial charge in [0.2, 0.25) is 0 Å². The van der Waals surface area contributed by atoms with Gasteiger partial charge < -0.3 is 4.74 Å². The number of methoxy groups -OCH3 is 1. The van der Waals surface area contributed by atoms with Crippen molar-refractivity contribution in [3.8, 4) is 11.8 Å². The van der Waals surface area contributed by atoms with E-state index in [0.29, 0.717) is 5.92 Å². The number of nitriles is 1. The van der Waals surface area contributed by atoms with E-state index in [1.165, 1.54) is 24.8 Å². The number of rotatable bonds is 3. The van der Waals surface area contributed by atoms with Crippen LogP contribution in [0.15, 0.2) is 24.3 Å². The first-order valence-electron chi connectivity index (χ1n) is 6.80. The van der Waals surface area contributed by atoms with Crippen molar-refractivity contribution < 1.29 is 4.74 Å². The van der Waals surface area contributed by atoms with Gasteiger partial charge in [0.15, 0.2) is 0 Å². The Morgan fingerprint density at radius 2 is 2.22 bits per heavy atom. The van der Waals surface area contributed by atoms with Crippen LogP contribution in [0.3, 0.4) is 0 Å². The summed E-state index contributed by atoms with van der Waals surface area (Å²) in [6.45, 7) is 0. The Bertz CT molecular complexity index is 490. The molecule has 2 fully saturated rings. The van der Waals surface area contributed by atoms with Crippen LogP contribution in [-0.4, -0.2) is 7.11 Å². The zero-order chi connectivity index (χ0) is 12.6. The van der Waals surface area contributed by atoms with E-state index in [4.69, 9.17) is 4.74 Å². The summed E-state index contributed by atoms with van der Waals surface area (Å²) < 4.78 is 5.42. The van der Waals surface area contributed by atoms with Crippen LogP contribution in [0.2, 0.25) is 0 Å². The zero-order valence-corrected chi connectivity index (χ0v) is 10.9. The monoisotopic (exact) mass is 241 g/mol. The summed E-state index contributed by atoms with van der Waals surface area (Å²) in [5, 5.41) is 9.67. The number of fused-ring (bicyclic) bond motifs is 2. The predicted molar refractivity (Wildman–Crippen MR) is 70.2 cm³/mol. The fraction of sp³-hybridized carbons (Fsp3) is 0.562. The Morgan fingerprint density at radius 3 is 2.83 bits per heavy atom. The lowest BCUT2D eigenvalue weighted by Crippen LogP contribution is -2.28. The molecule has 3 rings (SSSR count). The number of nitrogens with zero attached hydrogens (tertiary/aromatic N) is 1. The van der Waals surface area contributed by atoms with Crippen LogP contribution in [0.25, 0.3) is 0 Å². The Hall–Kier alpha value is -1.49. The fourth-order valence-corrected chi connectivity index (χ4v) is 4.03. The average molecular weight is 241 g/mol. The van der Waals surface area contributed by atoms with E-state index in [1.807, 2.05) is 18.2 Å². The lowest BCUT2D eigenvalue weighted by atomic mass is 9.70. The highest BCUT2D eigenvalue weighted by molar-refractivity contribution is 5.35. The molecule has 0 amide bonds. The van der Waals surface area contributed by atoms with Crippen LogP contribution < -0.4 is 4.74 Å². The molecule has 2 bridgehead atoms. The number of hydrogen-bond donors (Lipinski definition) is 0. The molecule has 2 heteroatoms. The van der Waals surface area contributed by atoms with Gasteiger partial charge in [-0.2, -0.15) is 5.26 Å². The maximum atomic E-state index is 9.67. The molecule has 3 atom stereocenters. The first-order valence-corrected chi connectivity index (χ1v) is 6.80. The van der Waals surface area contributed by atoms with Gasteiger partial charge in [-0.25, -0.2) is 0 Å². The standard InChI is InChI=1S/C16H19NO/c1-18-15-5-3-2-4-13(15)10-16(11-17)9-12-6-7-14(16)8-12/h2-5,12,14H,6-10H2,1H3. The van der Waals surface area contributed by atoms with E-state index >= 15 is 0 Å². The molecule has 1 aromatic carbocycles. The largest absolute Gasteiger partial charge is 0.496 e. The molecule has 2 aliphatic carbocycles. The molecule has 0 radical (unpaired) electrons. The maximum absolute atomic E-state index is 9.67. The Morgan fingerprint density at radius 1 is 1.39 bits per heavy atom. The molecular formula is C16H19NO. The van der Waals surface area contributed by atoms with Crippen LogP contribution in [0.1, 0.15) is 31.2 Å². The molecule has 2 saturated carbocycles. The topological polar surface area (TPSA) is 33.0 Å². The normalized spacial score (nSPS) is 33.3. The average Bonchev–Trinajstić information content (AvgIpc) is 3.00. The van der Waals surface area contributed by atoms with Crippen LogP contribution in [0, 0.1) is 28.6 Å². The minimum absolute atomic E-state index is 0.127. The van der Waals surface area contributed by atoms with Gasteiger partial charge in [0.05, 0.1) is 18.6 Å². The van der Waals surface area contributed by atoms with Crippen LogP contribution in [0.5, 0.6) is 5.75 Å². The summed E-state index contributed by atoms with van der Waals surface area (Å²) in [5.41, 5.74) is 1.06. The second-order valence-electron chi connectivity index (χ2n) is 5.84. The zero-order valence-electron chi connectivity index (χ0n) is 10.9. The van der Waals surface area contributed by atoms with Gasteiger partial charge >= 0.3 is 0 Å². The summed E-state index contributed by atoms with van der Waals surface area (Å²) in [4.78, 5) is 0.